The maximum Gasteiger partial charge on any atom is 0.267 e. The molecule has 0 bridgehead atoms. The van der Waals surface area contributed by atoms with E-state index in [0.29, 0.717) is 33.9 Å². The Bertz CT molecular complexity index is 1350. The minimum Gasteiger partial charge on any atom is -0.457 e. The maximum absolute atomic E-state index is 13.3. The summed E-state index contributed by atoms with van der Waals surface area (Å²) in [6.07, 6.45) is 1.79. The minimum absolute atomic E-state index is 0.0786. The SMILES string of the molecule is O=C1/C(=C/c2ccc(-c3ccc(Cl)cc3)o2)SC(=NCc2ccccc2)N1Cc1ccccc1. The van der Waals surface area contributed by atoms with E-state index >= 15 is 0 Å². The van der Waals surface area contributed by atoms with Crippen LogP contribution in [0, 0.1) is 0 Å². The highest BCUT2D eigenvalue weighted by Crippen LogP contribution is 2.35. The highest BCUT2D eigenvalue weighted by atomic mass is 35.5. The fourth-order valence-corrected chi connectivity index (χ4v) is 4.68. The van der Waals surface area contributed by atoms with Crippen LogP contribution >= 0.6 is 23.4 Å². The van der Waals surface area contributed by atoms with E-state index in [1.807, 2.05) is 97.1 Å². The number of thioether (sulfide) groups is 1. The predicted octanol–water partition coefficient (Wildman–Crippen LogP) is 7.27. The maximum atomic E-state index is 13.3. The number of amidine groups is 1. The number of halogens is 1. The quantitative estimate of drug-likeness (QED) is 0.270. The van der Waals surface area contributed by atoms with Gasteiger partial charge in [-0.3, -0.25) is 14.7 Å². The second-order valence-electron chi connectivity index (χ2n) is 7.78. The molecule has 1 aliphatic heterocycles. The van der Waals surface area contributed by atoms with Gasteiger partial charge in [-0.25, -0.2) is 0 Å². The molecule has 4 nitrogen and oxygen atoms in total. The molecule has 34 heavy (non-hydrogen) atoms. The summed E-state index contributed by atoms with van der Waals surface area (Å²) in [5.41, 5.74) is 3.07. The number of furan rings is 1. The first-order valence-electron chi connectivity index (χ1n) is 10.9. The lowest BCUT2D eigenvalue weighted by Crippen LogP contribution is -2.28. The van der Waals surface area contributed by atoms with Crippen LogP contribution in [0.15, 0.2) is 111 Å². The van der Waals surface area contributed by atoms with Crippen molar-refractivity contribution >= 4 is 40.5 Å². The highest BCUT2D eigenvalue weighted by Gasteiger charge is 2.33. The van der Waals surface area contributed by atoms with Gasteiger partial charge in [0.25, 0.3) is 5.91 Å². The number of carbonyl (C=O) groups excluding carboxylic acids is 1. The Morgan fingerprint density at radius 3 is 2.24 bits per heavy atom. The summed E-state index contributed by atoms with van der Waals surface area (Å²) < 4.78 is 5.99. The van der Waals surface area contributed by atoms with Gasteiger partial charge in [-0.15, -0.1) is 0 Å². The van der Waals surface area contributed by atoms with Gasteiger partial charge in [-0.2, -0.15) is 0 Å². The second-order valence-corrected chi connectivity index (χ2v) is 9.23. The van der Waals surface area contributed by atoms with Crippen molar-refractivity contribution in [1.29, 1.82) is 0 Å². The topological polar surface area (TPSA) is 45.8 Å². The van der Waals surface area contributed by atoms with Crippen LogP contribution in [0.3, 0.4) is 0 Å². The average molecular weight is 485 g/mol. The number of rotatable bonds is 6. The van der Waals surface area contributed by atoms with Gasteiger partial charge in [0.1, 0.15) is 11.5 Å². The van der Waals surface area contributed by atoms with E-state index in [-0.39, 0.29) is 5.91 Å². The number of nitrogens with zero attached hydrogens (tertiary/aromatic N) is 2. The molecule has 1 aliphatic rings. The Labute approximate surface area is 207 Å². The Morgan fingerprint density at radius 1 is 0.853 bits per heavy atom. The molecule has 3 aromatic carbocycles. The minimum atomic E-state index is -0.0786. The normalized spacial score (nSPS) is 16.0. The van der Waals surface area contributed by atoms with Crippen molar-refractivity contribution in [3.63, 3.8) is 0 Å². The summed E-state index contributed by atoms with van der Waals surface area (Å²) in [5.74, 6) is 1.26. The number of amides is 1. The lowest BCUT2D eigenvalue weighted by Gasteiger charge is -2.15. The lowest BCUT2D eigenvalue weighted by molar-refractivity contribution is -0.122. The summed E-state index contributed by atoms with van der Waals surface area (Å²) >= 11 is 7.36. The standard InChI is InChI=1S/C28H21ClN2O2S/c29-23-13-11-22(12-14-23)25-16-15-24(33-25)17-26-27(32)31(19-21-9-5-2-6-10-21)28(34-26)30-18-20-7-3-1-4-8-20/h1-17H,18-19H2/b26-17-,30-28?. The van der Waals surface area contributed by atoms with Gasteiger partial charge in [-0.05, 0) is 59.3 Å². The molecule has 1 fully saturated rings. The van der Waals surface area contributed by atoms with E-state index in [1.165, 1.54) is 11.8 Å². The molecule has 2 heterocycles. The Kier molecular flexibility index (Phi) is 6.65. The monoisotopic (exact) mass is 484 g/mol. The van der Waals surface area contributed by atoms with Gasteiger partial charge in [0, 0.05) is 16.7 Å². The van der Waals surface area contributed by atoms with Crippen molar-refractivity contribution in [3.05, 3.63) is 124 Å². The zero-order valence-electron chi connectivity index (χ0n) is 18.2. The molecule has 1 aromatic heterocycles. The third-order valence-electron chi connectivity index (χ3n) is 5.34. The first-order valence-corrected chi connectivity index (χ1v) is 12.0. The van der Waals surface area contributed by atoms with Gasteiger partial charge < -0.3 is 4.42 Å². The van der Waals surface area contributed by atoms with E-state index in [2.05, 4.69) is 0 Å². The third kappa shape index (κ3) is 5.16. The van der Waals surface area contributed by atoms with E-state index in [4.69, 9.17) is 21.0 Å². The first-order chi connectivity index (χ1) is 16.7. The molecule has 1 saturated heterocycles. The Hall–Kier alpha value is -3.54. The molecule has 0 spiro atoms. The highest BCUT2D eigenvalue weighted by molar-refractivity contribution is 8.18. The number of aliphatic imine (C=N–C) groups is 1. The van der Waals surface area contributed by atoms with Crippen LogP contribution in [0.25, 0.3) is 17.4 Å². The number of benzene rings is 3. The molecule has 0 saturated carbocycles. The van der Waals surface area contributed by atoms with Crippen molar-refractivity contribution in [2.24, 2.45) is 4.99 Å². The fraction of sp³-hybridized carbons (Fsp3) is 0.0714. The Morgan fingerprint density at radius 2 is 1.53 bits per heavy atom. The van der Waals surface area contributed by atoms with Gasteiger partial charge in [0.2, 0.25) is 0 Å². The third-order valence-corrected chi connectivity index (χ3v) is 6.64. The molecule has 1 amide bonds. The van der Waals surface area contributed by atoms with Crippen LogP contribution in [0.2, 0.25) is 5.02 Å². The van der Waals surface area contributed by atoms with Crippen LogP contribution in [0.4, 0.5) is 0 Å². The molecule has 168 valence electrons. The summed E-state index contributed by atoms with van der Waals surface area (Å²) in [6, 6.07) is 31.2. The molecule has 0 N–H and O–H groups in total. The molecule has 0 unspecified atom stereocenters. The van der Waals surface area contributed by atoms with E-state index < -0.39 is 0 Å². The van der Waals surface area contributed by atoms with Crippen molar-refractivity contribution in [2.75, 3.05) is 0 Å². The average Bonchev–Trinajstić information content (AvgIpc) is 3.45. The molecule has 0 radical (unpaired) electrons. The van der Waals surface area contributed by atoms with E-state index in [1.54, 1.807) is 11.0 Å². The zero-order chi connectivity index (χ0) is 23.3. The van der Waals surface area contributed by atoms with Crippen molar-refractivity contribution in [2.45, 2.75) is 13.1 Å². The summed E-state index contributed by atoms with van der Waals surface area (Å²) in [6.45, 7) is 0.975. The smallest absolute Gasteiger partial charge is 0.267 e. The molecule has 5 rings (SSSR count). The summed E-state index contributed by atoms with van der Waals surface area (Å²) in [4.78, 5) is 20.4. The number of hydrogen-bond acceptors (Lipinski definition) is 4. The fourth-order valence-electron chi connectivity index (χ4n) is 3.60. The molecule has 0 atom stereocenters. The van der Waals surface area contributed by atoms with Crippen molar-refractivity contribution < 1.29 is 9.21 Å². The molecule has 6 heteroatoms. The van der Waals surface area contributed by atoms with Gasteiger partial charge in [0.15, 0.2) is 5.17 Å². The molecular weight excluding hydrogens is 464 g/mol. The second kappa shape index (κ2) is 10.2. The van der Waals surface area contributed by atoms with Crippen molar-refractivity contribution in [1.82, 2.24) is 4.90 Å². The van der Waals surface area contributed by atoms with Crippen LogP contribution < -0.4 is 0 Å². The van der Waals surface area contributed by atoms with Gasteiger partial charge in [-0.1, -0.05) is 72.3 Å². The molecule has 0 aliphatic carbocycles. The van der Waals surface area contributed by atoms with Crippen molar-refractivity contribution in [3.8, 4) is 11.3 Å². The van der Waals surface area contributed by atoms with Crippen LogP contribution in [0.1, 0.15) is 16.9 Å². The zero-order valence-corrected chi connectivity index (χ0v) is 19.8. The van der Waals surface area contributed by atoms with Crippen LogP contribution in [-0.2, 0) is 17.9 Å². The number of hydrogen-bond donors (Lipinski definition) is 0. The first kappa shape index (κ1) is 22.3. The van der Waals surface area contributed by atoms with Gasteiger partial charge >= 0.3 is 0 Å². The molecule has 4 aromatic rings. The molecular formula is C28H21ClN2O2S. The van der Waals surface area contributed by atoms with E-state index in [0.717, 1.165) is 22.5 Å². The van der Waals surface area contributed by atoms with E-state index in [9.17, 15) is 4.79 Å². The summed E-state index contributed by atoms with van der Waals surface area (Å²) in [7, 11) is 0. The predicted molar refractivity (Wildman–Crippen MR) is 139 cm³/mol. The lowest BCUT2D eigenvalue weighted by atomic mass is 10.2. The van der Waals surface area contributed by atoms with Crippen LogP contribution in [-0.4, -0.2) is 16.0 Å². The summed E-state index contributed by atoms with van der Waals surface area (Å²) in [5, 5.41) is 1.36. The number of carbonyl (C=O) groups is 1. The Balaban J connectivity index is 1.42. The van der Waals surface area contributed by atoms with Gasteiger partial charge in [0.05, 0.1) is 18.0 Å². The largest absolute Gasteiger partial charge is 0.457 e. The van der Waals surface area contributed by atoms with Crippen LogP contribution in [0.5, 0.6) is 0 Å².